The molecule has 0 amide bonds. The molecule has 120 valence electrons. The van der Waals surface area contributed by atoms with Crippen LogP contribution in [0, 0.1) is 6.92 Å². The molecule has 0 fully saturated rings. The van der Waals surface area contributed by atoms with E-state index in [1.165, 1.54) is 19.2 Å². The van der Waals surface area contributed by atoms with E-state index in [-0.39, 0.29) is 4.90 Å². The molecule has 0 spiro atoms. The van der Waals surface area contributed by atoms with Gasteiger partial charge < -0.3 is 9.30 Å². The first kappa shape index (κ1) is 15.4. The number of hydrogen-bond donors (Lipinski definition) is 1. The van der Waals surface area contributed by atoms with Crippen LogP contribution in [0.3, 0.4) is 0 Å². The fraction of sp³-hybridized carbons (Fsp3) is 0.188. The number of benzene rings is 2. The highest BCUT2D eigenvalue weighted by Gasteiger charge is 2.15. The molecule has 3 rings (SSSR count). The molecule has 0 radical (unpaired) electrons. The van der Waals surface area contributed by atoms with E-state index < -0.39 is 10.0 Å². The van der Waals surface area contributed by atoms with Gasteiger partial charge >= 0.3 is 0 Å². The van der Waals surface area contributed by atoms with Gasteiger partial charge in [-0.25, -0.2) is 13.4 Å². The van der Waals surface area contributed by atoms with Gasteiger partial charge in [-0.05, 0) is 49.4 Å². The number of imidazole rings is 1. The monoisotopic (exact) mass is 331 g/mol. The lowest BCUT2D eigenvalue weighted by Gasteiger charge is -2.09. The van der Waals surface area contributed by atoms with Crippen molar-refractivity contribution in [1.29, 1.82) is 0 Å². The SMILES string of the molecule is COc1ccc(S(=O)(=O)Nc2ccc3c(c2)nc(C)n3C)cc1. The molecule has 0 saturated heterocycles. The number of anilines is 1. The van der Waals surface area contributed by atoms with E-state index >= 15 is 0 Å². The maximum Gasteiger partial charge on any atom is 0.261 e. The van der Waals surface area contributed by atoms with Crippen molar-refractivity contribution in [2.24, 2.45) is 7.05 Å². The van der Waals surface area contributed by atoms with Crippen LogP contribution in [0.1, 0.15) is 5.82 Å². The number of rotatable bonds is 4. The Kier molecular flexibility index (Phi) is 3.73. The van der Waals surface area contributed by atoms with Gasteiger partial charge in [0.05, 0.1) is 28.7 Å². The van der Waals surface area contributed by atoms with Crippen LogP contribution in [0.25, 0.3) is 11.0 Å². The molecule has 1 heterocycles. The van der Waals surface area contributed by atoms with Crippen LogP contribution in [0.4, 0.5) is 5.69 Å². The summed E-state index contributed by atoms with van der Waals surface area (Å²) in [6.45, 7) is 1.90. The van der Waals surface area contributed by atoms with E-state index in [2.05, 4.69) is 9.71 Å². The minimum absolute atomic E-state index is 0.176. The Morgan fingerprint density at radius 2 is 1.83 bits per heavy atom. The maximum atomic E-state index is 12.4. The third-order valence-corrected chi connectivity index (χ3v) is 5.12. The lowest BCUT2D eigenvalue weighted by Crippen LogP contribution is -2.12. The largest absolute Gasteiger partial charge is 0.497 e. The molecule has 0 aliphatic rings. The number of aromatic nitrogens is 2. The van der Waals surface area contributed by atoms with Crippen molar-refractivity contribution in [2.45, 2.75) is 11.8 Å². The van der Waals surface area contributed by atoms with Gasteiger partial charge in [0, 0.05) is 7.05 Å². The highest BCUT2D eigenvalue weighted by Crippen LogP contribution is 2.23. The Balaban J connectivity index is 1.93. The third-order valence-electron chi connectivity index (χ3n) is 3.73. The fourth-order valence-electron chi connectivity index (χ4n) is 2.35. The summed E-state index contributed by atoms with van der Waals surface area (Å²) >= 11 is 0. The lowest BCUT2D eigenvalue weighted by atomic mass is 10.3. The van der Waals surface area contributed by atoms with Crippen molar-refractivity contribution in [3.63, 3.8) is 0 Å². The highest BCUT2D eigenvalue weighted by atomic mass is 32.2. The van der Waals surface area contributed by atoms with Crippen molar-refractivity contribution >= 4 is 26.7 Å². The van der Waals surface area contributed by atoms with Crippen molar-refractivity contribution < 1.29 is 13.2 Å². The molecular formula is C16H17N3O3S. The van der Waals surface area contributed by atoms with Crippen LogP contribution in [0.15, 0.2) is 47.4 Å². The molecule has 2 aromatic carbocycles. The summed E-state index contributed by atoms with van der Waals surface area (Å²) in [5.74, 6) is 1.48. The number of ether oxygens (including phenoxy) is 1. The number of sulfonamides is 1. The van der Waals surface area contributed by atoms with Crippen LogP contribution in [0.5, 0.6) is 5.75 Å². The smallest absolute Gasteiger partial charge is 0.261 e. The van der Waals surface area contributed by atoms with Crippen LogP contribution >= 0.6 is 0 Å². The summed E-state index contributed by atoms with van der Waals surface area (Å²) in [4.78, 5) is 4.59. The molecule has 0 saturated carbocycles. The zero-order valence-electron chi connectivity index (χ0n) is 13.1. The predicted octanol–water partition coefficient (Wildman–Crippen LogP) is 2.69. The van der Waals surface area contributed by atoms with E-state index in [4.69, 9.17) is 4.74 Å². The molecule has 0 aliphatic carbocycles. The van der Waals surface area contributed by atoms with E-state index in [0.717, 1.165) is 16.9 Å². The molecule has 0 unspecified atom stereocenters. The predicted molar refractivity (Wildman–Crippen MR) is 89.3 cm³/mol. The molecular weight excluding hydrogens is 314 g/mol. The minimum Gasteiger partial charge on any atom is -0.497 e. The summed E-state index contributed by atoms with van der Waals surface area (Å²) in [5, 5.41) is 0. The van der Waals surface area contributed by atoms with Gasteiger partial charge in [0.2, 0.25) is 0 Å². The number of methoxy groups -OCH3 is 1. The van der Waals surface area contributed by atoms with Crippen LogP contribution in [-0.4, -0.2) is 25.1 Å². The van der Waals surface area contributed by atoms with Crippen molar-refractivity contribution in [3.8, 4) is 5.75 Å². The zero-order chi connectivity index (χ0) is 16.6. The number of hydrogen-bond acceptors (Lipinski definition) is 4. The summed E-state index contributed by atoms with van der Waals surface area (Å²) < 4.78 is 34.4. The Bertz CT molecular complexity index is 960. The second kappa shape index (κ2) is 5.58. The molecule has 0 bridgehead atoms. The summed E-state index contributed by atoms with van der Waals surface area (Å²) in [6.07, 6.45) is 0. The first-order valence-electron chi connectivity index (χ1n) is 7.00. The average molecular weight is 331 g/mol. The molecule has 7 heteroatoms. The van der Waals surface area contributed by atoms with E-state index in [1.54, 1.807) is 24.3 Å². The Labute approximate surface area is 134 Å². The highest BCUT2D eigenvalue weighted by molar-refractivity contribution is 7.92. The van der Waals surface area contributed by atoms with Crippen LogP contribution in [0.2, 0.25) is 0 Å². The topological polar surface area (TPSA) is 73.2 Å². The molecule has 1 aromatic heterocycles. The van der Waals surface area contributed by atoms with Crippen molar-refractivity contribution in [2.75, 3.05) is 11.8 Å². The van der Waals surface area contributed by atoms with Crippen LogP contribution in [-0.2, 0) is 17.1 Å². The molecule has 3 aromatic rings. The summed E-state index contributed by atoms with van der Waals surface area (Å²) in [6, 6.07) is 11.5. The standard InChI is InChI=1S/C16H17N3O3S/c1-11-17-15-10-12(4-9-16(15)19(11)2)18-23(20,21)14-7-5-13(22-3)6-8-14/h4-10,18H,1-3H3. The fourth-order valence-corrected chi connectivity index (χ4v) is 3.40. The maximum absolute atomic E-state index is 12.4. The van der Waals surface area contributed by atoms with Crippen molar-refractivity contribution in [1.82, 2.24) is 9.55 Å². The quantitative estimate of drug-likeness (QED) is 0.798. The number of nitrogens with zero attached hydrogens (tertiary/aromatic N) is 2. The Morgan fingerprint density at radius 3 is 2.48 bits per heavy atom. The van der Waals surface area contributed by atoms with E-state index in [0.29, 0.717) is 11.4 Å². The third kappa shape index (κ3) is 2.87. The van der Waals surface area contributed by atoms with Gasteiger partial charge in [-0.1, -0.05) is 0 Å². The molecule has 0 aliphatic heterocycles. The van der Waals surface area contributed by atoms with Gasteiger partial charge in [0.25, 0.3) is 10.0 Å². The molecule has 23 heavy (non-hydrogen) atoms. The molecule has 6 nitrogen and oxygen atoms in total. The van der Waals surface area contributed by atoms with E-state index in [1.807, 2.05) is 24.6 Å². The Hall–Kier alpha value is -2.54. The van der Waals surface area contributed by atoms with Gasteiger partial charge in [-0.15, -0.1) is 0 Å². The second-order valence-corrected chi connectivity index (χ2v) is 6.88. The van der Waals surface area contributed by atoms with Gasteiger partial charge in [0.1, 0.15) is 11.6 Å². The summed E-state index contributed by atoms with van der Waals surface area (Å²) in [5.41, 5.74) is 2.18. The summed E-state index contributed by atoms with van der Waals surface area (Å²) in [7, 11) is -0.194. The zero-order valence-corrected chi connectivity index (χ0v) is 13.9. The second-order valence-electron chi connectivity index (χ2n) is 5.20. The number of nitrogens with one attached hydrogen (secondary N) is 1. The van der Waals surface area contributed by atoms with E-state index in [9.17, 15) is 8.42 Å². The minimum atomic E-state index is -3.65. The van der Waals surface area contributed by atoms with Crippen molar-refractivity contribution in [3.05, 3.63) is 48.3 Å². The average Bonchev–Trinajstić information content (AvgIpc) is 2.81. The number of aryl methyl sites for hydroxylation is 2. The van der Waals surface area contributed by atoms with Gasteiger partial charge in [-0.3, -0.25) is 4.72 Å². The Morgan fingerprint density at radius 1 is 1.13 bits per heavy atom. The number of fused-ring (bicyclic) bond motifs is 1. The van der Waals surface area contributed by atoms with Crippen LogP contribution < -0.4 is 9.46 Å². The van der Waals surface area contributed by atoms with Gasteiger partial charge in [0.15, 0.2) is 0 Å². The first-order chi connectivity index (χ1) is 10.9. The molecule has 0 atom stereocenters. The first-order valence-corrected chi connectivity index (χ1v) is 8.49. The normalized spacial score (nSPS) is 11.6. The molecule has 1 N–H and O–H groups in total. The lowest BCUT2D eigenvalue weighted by molar-refractivity contribution is 0.414. The van der Waals surface area contributed by atoms with Gasteiger partial charge in [-0.2, -0.15) is 0 Å².